The van der Waals surface area contributed by atoms with Gasteiger partial charge in [-0.2, -0.15) is 5.26 Å². The molecule has 0 N–H and O–H groups in total. The molecule has 1 rings (SSSR count). The number of methoxy groups -OCH3 is 1. The van der Waals surface area contributed by atoms with Crippen molar-refractivity contribution in [2.45, 2.75) is 13.3 Å². The number of benzene rings is 1. The lowest BCUT2D eigenvalue weighted by Gasteiger charge is -1.99. The molecule has 3 nitrogen and oxygen atoms in total. The second kappa shape index (κ2) is 5.72. The van der Waals surface area contributed by atoms with Crippen LogP contribution >= 0.6 is 0 Å². The molecule has 16 heavy (non-hydrogen) atoms. The minimum Gasteiger partial charge on any atom is -0.465 e. The quantitative estimate of drug-likeness (QED) is 0.441. The largest absolute Gasteiger partial charge is 0.465 e. The van der Waals surface area contributed by atoms with Crippen molar-refractivity contribution >= 4 is 12.0 Å². The molecule has 0 radical (unpaired) electrons. The molecule has 0 heterocycles. The Morgan fingerprint density at radius 1 is 1.44 bits per heavy atom. The number of rotatable bonds is 3. The van der Waals surface area contributed by atoms with Gasteiger partial charge in [-0.1, -0.05) is 31.2 Å². The molecule has 3 heteroatoms. The van der Waals surface area contributed by atoms with Gasteiger partial charge in [-0.05, 0) is 23.6 Å². The third kappa shape index (κ3) is 2.96. The summed E-state index contributed by atoms with van der Waals surface area (Å²) in [5, 5.41) is 8.77. The molecule has 0 saturated heterocycles. The predicted molar refractivity (Wildman–Crippen MR) is 61.4 cm³/mol. The molecule has 0 fully saturated rings. The topological polar surface area (TPSA) is 50.1 Å². The molecule has 1 aromatic rings. The van der Waals surface area contributed by atoms with Crippen LogP contribution in [0, 0.1) is 11.3 Å². The number of esters is 1. The third-order valence-electron chi connectivity index (χ3n) is 2.22. The van der Waals surface area contributed by atoms with Gasteiger partial charge in [0.05, 0.1) is 7.11 Å². The molecule has 1 aromatic carbocycles. The van der Waals surface area contributed by atoms with Crippen molar-refractivity contribution in [1.29, 1.82) is 5.26 Å². The van der Waals surface area contributed by atoms with Gasteiger partial charge in [0.2, 0.25) is 0 Å². The fourth-order valence-corrected chi connectivity index (χ4v) is 1.26. The summed E-state index contributed by atoms with van der Waals surface area (Å²) < 4.78 is 4.49. The number of hydrogen-bond donors (Lipinski definition) is 0. The minimum atomic E-state index is -0.609. The van der Waals surface area contributed by atoms with Gasteiger partial charge >= 0.3 is 5.97 Å². The number of ether oxygens (including phenoxy) is 1. The van der Waals surface area contributed by atoms with E-state index in [-0.39, 0.29) is 5.57 Å². The lowest BCUT2D eigenvalue weighted by atomic mass is 10.1. The molecule has 0 aliphatic rings. The summed E-state index contributed by atoms with van der Waals surface area (Å²) in [7, 11) is 1.26. The standard InChI is InChI=1S/C13H13NO2/c1-3-10-4-6-11(7-5-10)8-12(9-14)13(15)16-2/h4-8H,3H2,1-2H3/b12-8-. The van der Waals surface area contributed by atoms with Crippen LogP contribution in [-0.4, -0.2) is 13.1 Å². The maximum atomic E-state index is 11.2. The zero-order valence-corrected chi connectivity index (χ0v) is 9.36. The molecule has 82 valence electrons. The fraction of sp³-hybridized carbons (Fsp3) is 0.231. The van der Waals surface area contributed by atoms with Gasteiger partial charge < -0.3 is 4.74 Å². The van der Waals surface area contributed by atoms with Gasteiger partial charge in [0.25, 0.3) is 0 Å². The SMILES string of the molecule is CCc1ccc(/C=C(/C#N)C(=O)OC)cc1. The average molecular weight is 215 g/mol. The van der Waals surface area contributed by atoms with Crippen molar-refractivity contribution < 1.29 is 9.53 Å². The van der Waals surface area contributed by atoms with Crippen LogP contribution in [0.3, 0.4) is 0 Å². The van der Waals surface area contributed by atoms with Crippen LogP contribution in [0.5, 0.6) is 0 Å². The van der Waals surface area contributed by atoms with Crippen LogP contribution in [-0.2, 0) is 16.0 Å². The van der Waals surface area contributed by atoms with Gasteiger partial charge in [0.15, 0.2) is 0 Å². The molecule has 0 unspecified atom stereocenters. The first-order valence-electron chi connectivity index (χ1n) is 5.00. The molecular weight excluding hydrogens is 202 g/mol. The van der Waals surface area contributed by atoms with E-state index in [4.69, 9.17) is 5.26 Å². The van der Waals surface area contributed by atoms with E-state index < -0.39 is 5.97 Å². The summed E-state index contributed by atoms with van der Waals surface area (Å²) >= 11 is 0. The van der Waals surface area contributed by atoms with Gasteiger partial charge in [0, 0.05) is 0 Å². The summed E-state index contributed by atoms with van der Waals surface area (Å²) in [5.41, 5.74) is 2.04. The van der Waals surface area contributed by atoms with E-state index in [1.807, 2.05) is 30.3 Å². The van der Waals surface area contributed by atoms with Crippen LogP contribution in [0.15, 0.2) is 29.8 Å². The number of carbonyl (C=O) groups is 1. The first-order valence-corrected chi connectivity index (χ1v) is 5.00. The van der Waals surface area contributed by atoms with E-state index in [1.54, 1.807) is 0 Å². The fourth-order valence-electron chi connectivity index (χ4n) is 1.26. The number of aryl methyl sites for hydroxylation is 1. The van der Waals surface area contributed by atoms with Crippen molar-refractivity contribution in [3.63, 3.8) is 0 Å². The second-order valence-corrected chi connectivity index (χ2v) is 3.26. The summed E-state index contributed by atoms with van der Waals surface area (Å²) in [5.74, 6) is -0.609. The maximum Gasteiger partial charge on any atom is 0.348 e. The van der Waals surface area contributed by atoms with Crippen molar-refractivity contribution in [1.82, 2.24) is 0 Å². The first kappa shape index (κ1) is 12.0. The van der Waals surface area contributed by atoms with Crippen LogP contribution in [0.25, 0.3) is 6.08 Å². The molecule has 0 spiro atoms. The number of nitriles is 1. The third-order valence-corrected chi connectivity index (χ3v) is 2.22. The van der Waals surface area contributed by atoms with Gasteiger partial charge in [-0.25, -0.2) is 4.79 Å². The number of nitrogens with zero attached hydrogens (tertiary/aromatic N) is 1. The van der Waals surface area contributed by atoms with E-state index in [2.05, 4.69) is 11.7 Å². The smallest absolute Gasteiger partial charge is 0.348 e. The van der Waals surface area contributed by atoms with Crippen molar-refractivity contribution in [2.75, 3.05) is 7.11 Å². The Kier molecular flexibility index (Phi) is 4.28. The van der Waals surface area contributed by atoms with Gasteiger partial charge in [-0.3, -0.25) is 0 Å². The highest BCUT2D eigenvalue weighted by molar-refractivity contribution is 5.97. The molecule has 0 bridgehead atoms. The molecule has 0 atom stereocenters. The summed E-state index contributed by atoms with van der Waals surface area (Å²) in [4.78, 5) is 11.2. The highest BCUT2D eigenvalue weighted by atomic mass is 16.5. The normalized spacial score (nSPS) is 10.7. The van der Waals surface area contributed by atoms with Crippen molar-refractivity contribution in [2.24, 2.45) is 0 Å². The highest BCUT2D eigenvalue weighted by Crippen LogP contribution is 2.10. The predicted octanol–water partition coefficient (Wildman–Crippen LogP) is 2.33. The van der Waals surface area contributed by atoms with Crippen LogP contribution in [0.2, 0.25) is 0 Å². The van der Waals surface area contributed by atoms with E-state index in [0.717, 1.165) is 12.0 Å². The zero-order chi connectivity index (χ0) is 12.0. The van der Waals surface area contributed by atoms with E-state index in [9.17, 15) is 4.79 Å². The Morgan fingerprint density at radius 2 is 2.06 bits per heavy atom. The van der Waals surface area contributed by atoms with Crippen molar-refractivity contribution in [3.05, 3.63) is 41.0 Å². The molecule has 0 aromatic heterocycles. The molecule has 0 saturated carbocycles. The second-order valence-electron chi connectivity index (χ2n) is 3.26. The average Bonchev–Trinajstić information content (AvgIpc) is 2.35. The molecular formula is C13H13NO2. The van der Waals surface area contributed by atoms with Crippen LogP contribution in [0.1, 0.15) is 18.1 Å². The number of hydrogen-bond acceptors (Lipinski definition) is 3. The van der Waals surface area contributed by atoms with Gasteiger partial charge in [0.1, 0.15) is 11.6 Å². The molecule has 0 amide bonds. The van der Waals surface area contributed by atoms with E-state index >= 15 is 0 Å². The Labute approximate surface area is 95.0 Å². The summed E-state index contributed by atoms with van der Waals surface area (Å²) in [6.45, 7) is 2.07. The van der Waals surface area contributed by atoms with E-state index in [1.165, 1.54) is 18.7 Å². The Morgan fingerprint density at radius 3 is 2.50 bits per heavy atom. The van der Waals surface area contributed by atoms with Crippen LogP contribution in [0.4, 0.5) is 0 Å². The lowest BCUT2D eigenvalue weighted by Crippen LogP contribution is -2.02. The summed E-state index contributed by atoms with van der Waals surface area (Å²) in [6.07, 6.45) is 2.48. The van der Waals surface area contributed by atoms with E-state index in [0.29, 0.717) is 0 Å². The Balaban J connectivity index is 2.96. The van der Waals surface area contributed by atoms with Gasteiger partial charge in [-0.15, -0.1) is 0 Å². The zero-order valence-electron chi connectivity index (χ0n) is 9.36. The number of carbonyl (C=O) groups excluding carboxylic acids is 1. The maximum absolute atomic E-state index is 11.2. The Bertz CT molecular complexity index is 438. The Hall–Kier alpha value is -2.08. The molecule has 0 aliphatic carbocycles. The first-order chi connectivity index (χ1) is 7.71. The highest BCUT2D eigenvalue weighted by Gasteiger charge is 2.07. The van der Waals surface area contributed by atoms with Crippen LogP contribution < -0.4 is 0 Å². The minimum absolute atomic E-state index is 0.00625. The monoisotopic (exact) mass is 215 g/mol. The van der Waals surface area contributed by atoms with Crippen molar-refractivity contribution in [3.8, 4) is 6.07 Å². The molecule has 0 aliphatic heterocycles. The lowest BCUT2D eigenvalue weighted by molar-refractivity contribution is -0.135. The summed E-state index contributed by atoms with van der Waals surface area (Å²) in [6, 6.07) is 9.51.